The van der Waals surface area contributed by atoms with Crippen molar-refractivity contribution in [2.45, 2.75) is 19.4 Å². The van der Waals surface area contributed by atoms with Crippen LogP contribution < -0.4 is 0 Å². The summed E-state index contributed by atoms with van der Waals surface area (Å²) in [4.78, 5) is 17.5. The average Bonchev–Trinajstić information content (AvgIpc) is 3.23. The summed E-state index contributed by atoms with van der Waals surface area (Å²) in [5.41, 5.74) is 3.03. The van der Waals surface area contributed by atoms with Crippen LogP contribution in [0.3, 0.4) is 0 Å². The monoisotopic (exact) mass is 321 g/mol. The fourth-order valence-corrected chi connectivity index (χ4v) is 3.67. The molecule has 3 aromatic rings. The molecular formula is C18H15N3OS. The van der Waals surface area contributed by atoms with Crippen LogP contribution in [0.5, 0.6) is 0 Å². The molecule has 3 heterocycles. The van der Waals surface area contributed by atoms with Crippen LogP contribution in [0.25, 0.3) is 10.9 Å². The van der Waals surface area contributed by atoms with Crippen molar-refractivity contribution in [1.82, 2.24) is 9.99 Å². The van der Waals surface area contributed by atoms with Gasteiger partial charge in [-0.1, -0.05) is 18.2 Å². The molecular weight excluding hydrogens is 306 g/mol. The van der Waals surface area contributed by atoms with E-state index in [-0.39, 0.29) is 11.9 Å². The maximum Gasteiger partial charge on any atom is 0.240 e. The molecule has 114 valence electrons. The molecule has 5 heteroatoms. The van der Waals surface area contributed by atoms with Crippen LogP contribution in [0.4, 0.5) is 0 Å². The van der Waals surface area contributed by atoms with E-state index in [0.717, 1.165) is 33.5 Å². The van der Waals surface area contributed by atoms with Gasteiger partial charge in [-0.25, -0.2) is 5.01 Å². The van der Waals surface area contributed by atoms with Crippen molar-refractivity contribution in [2.75, 3.05) is 0 Å². The molecule has 1 aromatic carbocycles. The Labute approximate surface area is 138 Å². The van der Waals surface area contributed by atoms with Crippen molar-refractivity contribution in [3.05, 3.63) is 64.5 Å². The second-order valence-electron chi connectivity index (χ2n) is 5.56. The zero-order valence-electron chi connectivity index (χ0n) is 12.6. The van der Waals surface area contributed by atoms with Crippen molar-refractivity contribution in [3.8, 4) is 0 Å². The predicted octanol–water partition coefficient (Wildman–Crippen LogP) is 3.99. The van der Waals surface area contributed by atoms with Gasteiger partial charge in [-0.05, 0) is 35.2 Å². The van der Waals surface area contributed by atoms with Crippen molar-refractivity contribution < 1.29 is 4.79 Å². The van der Waals surface area contributed by atoms with E-state index in [0.29, 0.717) is 0 Å². The molecule has 0 fully saturated rings. The number of carbonyl (C=O) groups excluding carboxylic acids is 1. The number of hydrogen-bond acceptors (Lipinski definition) is 4. The molecule has 4 rings (SSSR count). The van der Waals surface area contributed by atoms with Crippen molar-refractivity contribution in [1.29, 1.82) is 0 Å². The number of carbonyl (C=O) groups is 1. The molecule has 0 radical (unpaired) electrons. The van der Waals surface area contributed by atoms with Crippen LogP contribution in [0, 0.1) is 0 Å². The fourth-order valence-electron chi connectivity index (χ4n) is 2.95. The lowest BCUT2D eigenvalue weighted by molar-refractivity contribution is -0.130. The smallest absolute Gasteiger partial charge is 0.240 e. The van der Waals surface area contributed by atoms with E-state index in [1.165, 1.54) is 0 Å². The van der Waals surface area contributed by atoms with Gasteiger partial charge in [-0.3, -0.25) is 9.78 Å². The number of pyridine rings is 1. The number of thiophene rings is 1. The van der Waals surface area contributed by atoms with Gasteiger partial charge >= 0.3 is 0 Å². The van der Waals surface area contributed by atoms with E-state index in [2.05, 4.69) is 22.2 Å². The molecule has 0 saturated heterocycles. The van der Waals surface area contributed by atoms with Gasteiger partial charge in [0.05, 0.1) is 22.1 Å². The van der Waals surface area contributed by atoms with Gasteiger partial charge in [0.15, 0.2) is 0 Å². The third kappa shape index (κ3) is 2.53. The van der Waals surface area contributed by atoms with Gasteiger partial charge in [0.25, 0.3) is 0 Å². The predicted molar refractivity (Wildman–Crippen MR) is 92.5 cm³/mol. The summed E-state index contributed by atoms with van der Waals surface area (Å²) in [6, 6.07) is 14.1. The molecule has 1 atom stereocenters. The Hall–Kier alpha value is -2.53. The topological polar surface area (TPSA) is 45.6 Å². The first-order valence-corrected chi connectivity index (χ1v) is 8.36. The highest BCUT2D eigenvalue weighted by Crippen LogP contribution is 2.34. The molecule has 0 bridgehead atoms. The van der Waals surface area contributed by atoms with E-state index in [9.17, 15) is 4.79 Å². The number of rotatable bonds is 2. The van der Waals surface area contributed by atoms with E-state index in [4.69, 9.17) is 0 Å². The van der Waals surface area contributed by atoms with E-state index in [1.807, 2.05) is 35.7 Å². The summed E-state index contributed by atoms with van der Waals surface area (Å²) < 4.78 is 0. The number of nitrogens with zero attached hydrogens (tertiary/aromatic N) is 3. The second kappa shape index (κ2) is 5.59. The minimum atomic E-state index is -0.0470. The summed E-state index contributed by atoms with van der Waals surface area (Å²) in [7, 11) is 0. The summed E-state index contributed by atoms with van der Waals surface area (Å²) in [6.45, 7) is 1.57. The molecule has 2 aromatic heterocycles. The molecule has 0 saturated carbocycles. The Morgan fingerprint density at radius 2 is 2.17 bits per heavy atom. The van der Waals surface area contributed by atoms with Crippen LogP contribution in [0.15, 0.2) is 59.1 Å². The highest BCUT2D eigenvalue weighted by Gasteiger charge is 2.31. The minimum Gasteiger partial charge on any atom is -0.273 e. The second-order valence-corrected chi connectivity index (χ2v) is 6.51. The minimum absolute atomic E-state index is 0.0344. The molecule has 1 aliphatic rings. The quantitative estimate of drug-likeness (QED) is 0.716. The maximum absolute atomic E-state index is 12.0. The number of hydrogen-bond donors (Lipinski definition) is 0. The molecule has 0 aliphatic carbocycles. The van der Waals surface area contributed by atoms with Crippen molar-refractivity contribution in [2.24, 2.45) is 5.10 Å². The highest BCUT2D eigenvalue weighted by molar-refractivity contribution is 7.12. The van der Waals surface area contributed by atoms with Crippen LogP contribution in [-0.4, -0.2) is 21.6 Å². The Balaban J connectivity index is 1.73. The maximum atomic E-state index is 12.0. The number of hydrazone groups is 1. The van der Waals surface area contributed by atoms with E-state index < -0.39 is 0 Å². The standard InChI is InChI=1S/C18H15N3OS/c1-12(22)21-17(11-16(20-21)18-5-3-9-23-18)14-6-7-15-13(10-14)4-2-8-19-15/h2-10,17H,11H2,1H3/t17-/m0/s1. The zero-order chi connectivity index (χ0) is 15.8. The Morgan fingerprint density at radius 3 is 2.96 bits per heavy atom. The van der Waals surface area contributed by atoms with Crippen molar-refractivity contribution >= 4 is 33.9 Å². The first-order valence-electron chi connectivity index (χ1n) is 7.48. The first kappa shape index (κ1) is 14.1. The van der Waals surface area contributed by atoms with E-state index in [1.54, 1.807) is 29.5 Å². The molecule has 0 N–H and O–H groups in total. The SMILES string of the molecule is CC(=O)N1N=C(c2cccs2)C[C@H]1c1ccc2ncccc2c1. The van der Waals surface area contributed by atoms with E-state index >= 15 is 0 Å². The van der Waals surface area contributed by atoms with Gasteiger partial charge in [0.2, 0.25) is 5.91 Å². The Bertz CT molecular complexity index is 902. The molecule has 1 aliphatic heterocycles. The van der Waals surface area contributed by atoms with Crippen LogP contribution in [-0.2, 0) is 4.79 Å². The molecule has 0 spiro atoms. The van der Waals surface area contributed by atoms with Gasteiger partial charge in [-0.2, -0.15) is 5.10 Å². The number of fused-ring (bicyclic) bond motifs is 1. The van der Waals surface area contributed by atoms with Crippen LogP contribution >= 0.6 is 11.3 Å². The van der Waals surface area contributed by atoms with Crippen LogP contribution in [0.2, 0.25) is 0 Å². The fraction of sp³-hybridized carbons (Fsp3) is 0.167. The molecule has 4 nitrogen and oxygen atoms in total. The summed E-state index contributed by atoms with van der Waals surface area (Å²) >= 11 is 1.65. The first-order chi connectivity index (χ1) is 11.2. The third-order valence-electron chi connectivity index (χ3n) is 4.05. The van der Waals surface area contributed by atoms with Crippen molar-refractivity contribution in [3.63, 3.8) is 0 Å². The highest BCUT2D eigenvalue weighted by atomic mass is 32.1. The zero-order valence-corrected chi connectivity index (χ0v) is 13.5. The normalized spacial score (nSPS) is 17.5. The Kier molecular flexibility index (Phi) is 3.42. The molecule has 0 unspecified atom stereocenters. The lowest BCUT2D eigenvalue weighted by atomic mass is 9.99. The van der Waals surface area contributed by atoms with Gasteiger partial charge in [-0.15, -0.1) is 11.3 Å². The number of aromatic nitrogens is 1. The molecule has 23 heavy (non-hydrogen) atoms. The largest absolute Gasteiger partial charge is 0.273 e. The summed E-state index contributed by atoms with van der Waals surface area (Å²) in [6.07, 6.45) is 2.53. The molecule has 1 amide bonds. The lowest BCUT2D eigenvalue weighted by Gasteiger charge is -2.20. The summed E-state index contributed by atoms with van der Waals surface area (Å²) in [5, 5.41) is 9.28. The van der Waals surface area contributed by atoms with Gasteiger partial charge in [0.1, 0.15) is 0 Å². The number of amides is 1. The average molecular weight is 321 g/mol. The lowest BCUT2D eigenvalue weighted by Crippen LogP contribution is -2.24. The summed E-state index contributed by atoms with van der Waals surface area (Å²) in [5.74, 6) is -0.0344. The van der Waals surface area contributed by atoms with Gasteiger partial charge in [0, 0.05) is 24.9 Å². The Morgan fingerprint density at radius 1 is 1.26 bits per heavy atom. The van der Waals surface area contributed by atoms with Crippen LogP contribution in [0.1, 0.15) is 29.8 Å². The number of benzene rings is 1. The third-order valence-corrected chi connectivity index (χ3v) is 4.97. The van der Waals surface area contributed by atoms with Gasteiger partial charge < -0.3 is 0 Å².